The Morgan fingerprint density at radius 3 is 0.831 bits per heavy atom. The van der Waals surface area contributed by atoms with E-state index in [1.807, 2.05) is 0 Å². The van der Waals surface area contributed by atoms with Crippen LogP contribution < -0.4 is 0 Å². The lowest BCUT2D eigenvalue weighted by Crippen LogP contribution is -2.28. The van der Waals surface area contributed by atoms with Crippen LogP contribution in [0.3, 0.4) is 0 Å². The van der Waals surface area contributed by atoms with Crippen LogP contribution in [-0.4, -0.2) is 36.4 Å². The second kappa shape index (κ2) is 57.0. The number of unbranched alkanes of at least 4 members (excludes halogenated alkanes) is 46. The molecule has 0 radical (unpaired) electrons. The van der Waals surface area contributed by atoms with Crippen molar-refractivity contribution in [3.8, 4) is 0 Å². The maximum absolute atomic E-state index is 12.3. The zero-order valence-corrected chi connectivity index (χ0v) is 44.3. The molecule has 0 saturated heterocycles. The van der Waals surface area contributed by atoms with E-state index >= 15 is 0 Å². The van der Waals surface area contributed by atoms with Crippen molar-refractivity contribution in [1.29, 1.82) is 0 Å². The lowest BCUT2D eigenvalue weighted by Gasteiger charge is -2.15. The van der Waals surface area contributed by atoms with Gasteiger partial charge in [-0.2, -0.15) is 0 Å². The van der Waals surface area contributed by atoms with Gasteiger partial charge in [-0.15, -0.1) is 0 Å². The molecule has 386 valence electrons. The smallest absolute Gasteiger partial charge is 0.306 e. The number of carbonyl (C=O) groups excluding carboxylic acids is 2. The number of rotatable bonds is 56. The number of aliphatic hydroxyl groups excluding tert-OH is 1. The molecule has 0 aliphatic carbocycles. The summed E-state index contributed by atoms with van der Waals surface area (Å²) in [6, 6.07) is 0. The van der Waals surface area contributed by atoms with Crippen LogP contribution >= 0.6 is 0 Å². The Kier molecular flexibility index (Phi) is 55.8. The third-order valence-corrected chi connectivity index (χ3v) is 13.8. The van der Waals surface area contributed by atoms with Crippen molar-refractivity contribution in [1.82, 2.24) is 0 Å². The van der Waals surface area contributed by atoms with Gasteiger partial charge in [0.25, 0.3) is 0 Å². The van der Waals surface area contributed by atoms with E-state index in [1.165, 1.54) is 283 Å². The van der Waals surface area contributed by atoms with Crippen molar-refractivity contribution in [2.75, 3.05) is 13.2 Å². The molecule has 5 nitrogen and oxygen atoms in total. The van der Waals surface area contributed by atoms with E-state index in [4.69, 9.17) is 9.47 Å². The molecule has 1 atom stereocenters. The molecule has 1 N–H and O–H groups in total. The minimum atomic E-state index is -0.766. The quantitative estimate of drug-likeness (QED) is 0.0374. The summed E-state index contributed by atoms with van der Waals surface area (Å²) in [5, 5.41) is 9.66. The van der Waals surface area contributed by atoms with Crippen molar-refractivity contribution in [2.45, 2.75) is 347 Å². The third-order valence-electron chi connectivity index (χ3n) is 13.8. The van der Waals surface area contributed by atoms with Crippen LogP contribution in [0.15, 0.2) is 12.2 Å². The molecule has 0 saturated carbocycles. The summed E-state index contributed by atoms with van der Waals surface area (Å²) in [4.78, 5) is 24.5. The van der Waals surface area contributed by atoms with Crippen molar-refractivity contribution in [3.63, 3.8) is 0 Å². The second-order valence-corrected chi connectivity index (χ2v) is 20.4. The average Bonchev–Trinajstić information content (AvgIpc) is 3.31. The summed E-state index contributed by atoms with van der Waals surface area (Å²) in [7, 11) is 0. The highest BCUT2D eigenvalue weighted by Crippen LogP contribution is 2.18. The summed E-state index contributed by atoms with van der Waals surface area (Å²) >= 11 is 0. The van der Waals surface area contributed by atoms with Gasteiger partial charge in [-0.05, 0) is 38.5 Å². The highest BCUT2D eigenvalue weighted by Gasteiger charge is 2.16. The molecule has 0 bridgehead atoms. The number of allylic oxidation sites excluding steroid dienone is 2. The van der Waals surface area contributed by atoms with Gasteiger partial charge in [0.2, 0.25) is 0 Å². The first kappa shape index (κ1) is 63.6. The van der Waals surface area contributed by atoms with Crippen LogP contribution in [0.25, 0.3) is 0 Å². The lowest BCUT2D eigenvalue weighted by molar-refractivity contribution is -0.161. The van der Waals surface area contributed by atoms with E-state index in [1.54, 1.807) is 0 Å². The molecular formula is C60H116O5. The minimum Gasteiger partial charge on any atom is -0.462 e. The Balaban J connectivity index is 3.40. The van der Waals surface area contributed by atoms with Gasteiger partial charge in [-0.1, -0.05) is 302 Å². The van der Waals surface area contributed by atoms with Gasteiger partial charge in [-0.3, -0.25) is 9.59 Å². The second-order valence-electron chi connectivity index (χ2n) is 20.4. The Hall–Kier alpha value is -1.36. The highest BCUT2D eigenvalue weighted by atomic mass is 16.6. The van der Waals surface area contributed by atoms with Crippen LogP contribution in [-0.2, 0) is 19.1 Å². The molecule has 0 spiro atoms. The normalized spacial score (nSPS) is 12.1. The highest BCUT2D eigenvalue weighted by molar-refractivity contribution is 5.70. The average molecular weight is 918 g/mol. The molecule has 0 rings (SSSR count). The van der Waals surface area contributed by atoms with Crippen molar-refractivity contribution < 1.29 is 24.2 Å². The number of ether oxygens (including phenoxy) is 2. The fraction of sp³-hybridized carbons (Fsp3) is 0.933. The van der Waals surface area contributed by atoms with E-state index in [0.29, 0.717) is 12.8 Å². The van der Waals surface area contributed by atoms with E-state index in [-0.39, 0.29) is 25.2 Å². The first-order chi connectivity index (χ1) is 32.1. The Morgan fingerprint density at radius 2 is 0.569 bits per heavy atom. The van der Waals surface area contributed by atoms with Gasteiger partial charge >= 0.3 is 11.9 Å². The van der Waals surface area contributed by atoms with Gasteiger partial charge in [0.1, 0.15) is 6.61 Å². The molecule has 0 aromatic rings. The van der Waals surface area contributed by atoms with Crippen LogP contribution in [0.1, 0.15) is 341 Å². The first-order valence-electron chi connectivity index (χ1n) is 29.7. The van der Waals surface area contributed by atoms with E-state index in [0.717, 1.165) is 32.1 Å². The van der Waals surface area contributed by atoms with Crippen LogP contribution in [0.2, 0.25) is 0 Å². The van der Waals surface area contributed by atoms with Gasteiger partial charge in [0.15, 0.2) is 6.10 Å². The maximum atomic E-state index is 12.3. The van der Waals surface area contributed by atoms with Crippen LogP contribution in [0, 0.1) is 0 Å². The van der Waals surface area contributed by atoms with Gasteiger partial charge in [-0.25, -0.2) is 0 Å². The Bertz CT molecular complexity index is 948. The molecule has 1 unspecified atom stereocenters. The summed E-state index contributed by atoms with van der Waals surface area (Å²) in [5.41, 5.74) is 0. The van der Waals surface area contributed by atoms with Gasteiger partial charge in [0.05, 0.1) is 6.61 Å². The zero-order chi connectivity index (χ0) is 47.0. The fourth-order valence-corrected chi connectivity index (χ4v) is 9.32. The first-order valence-corrected chi connectivity index (χ1v) is 29.7. The number of hydrogen-bond donors (Lipinski definition) is 1. The molecule has 0 aromatic heterocycles. The molecule has 0 amide bonds. The molecule has 0 heterocycles. The number of carbonyl (C=O) groups is 2. The number of esters is 2. The summed E-state index contributed by atoms with van der Waals surface area (Å²) < 4.78 is 10.7. The zero-order valence-electron chi connectivity index (χ0n) is 44.3. The third kappa shape index (κ3) is 55.1. The van der Waals surface area contributed by atoms with E-state index in [9.17, 15) is 14.7 Å². The van der Waals surface area contributed by atoms with Crippen LogP contribution in [0.4, 0.5) is 0 Å². The predicted molar refractivity (Wildman–Crippen MR) is 284 cm³/mol. The molecule has 5 heteroatoms. The van der Waals surface area contributed by atoms with Crippen molar-refractivity contribution >= 4 is 11.9 Å². The monoisotopic (exact) mass is 917 g/mol. The molecule has 0 aliphatic heterocycles. The predicted octanol–water partition coefficient (Wildman–Crippen LogP) is 19.9. The van der Waals surface area contributed by atoms with Crippen LogP contribution in [0.5, 0.6) is 0 Å². The molecule has 65 heavy (non-hydrogen) atoms. The standard InChI is InChI=1S/C60H116O5/c1-3-5-7-9-11-13-15-17-19-21-23-25-27-28-29-30-31-32-33-35-37-39-41-43-45-47-49-51-53-55-60(63)65-58(56-61)57-64-59(62)54-52-50-48-46-44-42-40-38-36-34-26-24-22-20-18-16-14-12-10-8-6-4-2/h21,23,58,61H,3-20,22,24-57H2,1-2H3/b23-21-. The van der Waals surface area contributed by atoms with E-state index in [2.05, 4.69) is 26.0 Å². The SMILES string of the molecule is CCCCCCCCCC/C=C\CCCCCCCCCCCCCCCCCCCC(=O)OC(CO)COC(=O)CCCCCCCCCCCCCCCCCCCCCCCC. The molecular weight excluding hydrogens is 801 g/mol. The molecule has 0 aliphatic rings. The lowest BCUT2D eigenvalue weighted by atomic mass is 10.0. The maximum Gasteiger partial charge on any atom is 0.306 e. The summed E-state index contributed by atoms with van der Waals surface area (Å²) in [5.74, 6) is -0.565. The number of aliphatic hydroxyl groups is 1. The molecule has 0 aromatic carbocycles. The molecule has 0 fully saturated rings. The Morgan fingerprint density at radius 1 is 0.338 bits per heavy atom. The largest absolute Gasteiger partial charge is 0.462 e. The minimum absolute atomic E-state index is 0.0573. The van der Waals surface area contributed by atoms with E-state index < -0.39 is 6.10 Å². The summed E-state index contributed by atoms with van der Waals surface area (Å²) in [6.07, 6.45) is 70.6. The topological polar surface area (TPSA) is 72.8 Å². The fourth-order valence-electron chi connectivity index (χ4n) is 9.32. The van der Waals surface area contributed by atoms with Gasteiger partial charge in [0, 0.05) is 12.8 Å². The van der Waals surface area contributed by atoms with Gasteiger partial charge < -0.3 is 14.6 Å². The van der Waals surface area contributed by atoms with Crippen molar-refractivity contribution in [2.24, 2.45) is 0 Å². The van der Waals surface area contributed by atoms with Crippen molar-refractivity contribution in [3.05, 3.63) is 12.2 Å². The summed E-state index contributed by atoms with van der Waals surface area (Å²) in [6.45, 7) is 4.20. The number of hydrogen-bond acceptors (Lipinski definition) is 5. The Labute approximate surface area is 407 Å².